The van der Waals surface area contributed by atoms with Crippen LogP contribution in [0.15, 0.2) is 12.5 Å². The van der Waals surface area contributed by atoms with Gasteiger partial charge in [0.2, 0.25) is 0 Å². The van der Waals surface area contributed by atoms with Crippen LogP contribution in [0.5, 0.6) is 0 Å². The molecule has 0 aliphatic heterocycles. The Bertz CT molecular complexity index is 334. The first-order chi connectivity index (χ1) is 7.47. The number of nitrogens with two attached hydrogens (primary N) is 1. The van der Waals surface area contributed by atoms with Crippen LogP contribution in [0.3, 0.4) is 0 Å². The van der Waals surface area contributed by atoms with Gasteiger partial charge in [-0.05, 0) is 19.3 Å². The predicted molar refractivity (Wildman–Crippen MR) is 63.0 cm³/mol. The zero-order chi connectivity index (χ0) is 12.2. The molecular formula is C11H20N4O. The van der Waals surface area contributed by atoms with Gasteiger partial charge in [0.1, 0.15) is 5.69 Å². The molecule has 1 aromatic heterocycles. The van der Waals surface area contributed by atoms with E-state index in [9.17, 15) is 4.79 Å². The fourth-order valence-corrected chi connectivity index (χ4v) is 1.81. The number of hydrogen-bond acceptors (Lipinski definition) is 3. The normalized spacial score (nSPS) is 14.8. The number of H-pyrrole nitrogens is 1. The summed E-state index contributed by atoms with van der Waals surface area (Å²) in [4.78, 5) is 18.4. The minimum atomic E-state index is -0.365. The first-order valence-corrected chi connectivity index (χ1v) is 5.48. The fraction of sp³-hybridized carbons (Fsp3) is 0.636. The first-order valence-electron chi connectivity index (χ1n) is 5.48. The van der Waals surface area contributed by atoms with Crippen molar-refractivity contribution >= 4 is 5.91 Å². The van der Waals surface area contributed by atoms with Gasteiger partial charge in [0.15, 0.2) is 0 Å². The third-order valence-electron chi connectivity index (χ3n) is 2.47. The lowest BCUT2D eigenvalue weighted by molar-refractivity contribution is 0.0893. The Balaban J connectivity index is 2.66. The highest BCUT2D eigenvalue weighted by atomic mass is 16.2. The molecule has 1 heterocycles. The SMILES string of the molecule is CC(C)CC(C)(CN)NC(=O)c1cnc[nH]1. The molecule has 4 N–H and O–H groups in total. The van der Waals surface area contributed by atoms with Crippen molar-refractivity contribution in [3.05, 3.63) is 18.2 Å². The van der Waals surface area contributed by atoms with Crippen molar-refractivity contribution in [2.45, 2.75) is 32.7 Å². The monoisotopic (exact) mass is 224 g/mol. The summed E-state index contributed by atoms with van der Waals surface area (Å²) in [6, 6.07) is 0. The van der Waals surface area contributed by atoms with Gasteiger partial charge in [0, 0.05) is 6.54 Å². The molecule has 0 fully saturated rings. The fourth-order valence-electron chi connectivity index (χ4n) is 1.81. The van der Waals surface area contributed by atoms with E-state index in [2.05, 4.69) is 29.1 Å². The second-order valence-electron chi connectivity index (χ2n) is 4.78. The highest BCUT2D eigenvalue weighted by Gasteiger charge is 2.26. The second-order valence-corrected chi connectivity index (χ2v) is 4.78. The number of carbonyl (C=O) groups is 1. The number of rotatable bonds is 5. The van der Waals surface area contributed by atoms with Gasteiger partial charge >= 0.3 is 0 Å². The Labute approximate surface area is 95.8 Å². The molecule has 1 amide bonds. The van der Waals surface area contributed by atoms with E-state index < -0.39 is 0 Å². The average Bonchev–Trinajstić information content (AvgIpc) is 2.69. The number of amides is 1. The highest BCUT2D eigenvalue weighted by molar-refractivity contribution is 5.92. The van der Waals surface area contributed by atoms with Gasteiger partial charge in [-0.25, -0.2) is 4.98 Å². The number of hydrogen-bond donors (Lipinski definition) is 3. The topological polar surface area (TPSA) is 83.8 Å². The Morgan fingerprint density at radius 2 is 2.38 bits per heavy atom. The lowest BCUT2D eigenvalue weighted by atomic mass is 9.90. The Hall–Kier alpha value is -1.36. The van der Waals surface area contributed by atoms with Gasteiger partial charge in [-0.2, -0.15) is 0 Å². The van der Waals surface area contributed by atoms with E-state index >= 15 is 0 Å². The Morgan fingerprint density at radius 1 is 1.69 bits per heavy atom. The predicted octanol–water partition coefficient (Wildman–Crippen LogP) is 0.903. The van der Waals surface area contributed by atoms with E-state index in [4.69, 9.17) is 5.73 Å². The number of aromatic amines is 1. The Morgan fingerprint density at radius 3 is 2.81 bits per heavy atom. The van der Waals surface area contributed by atoms with Gasteiger partial charge in [0.05, 0.1) is 18.1 Å². The van der Waals surface area contributed by atoms with Crippen LogP contribution in [0.25, 0.3) is 0 Å². The van der Waals surface area contributed by atoms with E-state index in [0.717, 1.165) is 6.42 Å². The molecule has 0 bridgehead atoms. The van der Waals surface area contributed by atoms with Crippen molar-refractivity contribution in [3.63, 3.8) is 0 Å². The lowest BCUT2D eigenvalue weighted by Gasteiger charge is -2.30. The summed E-state index contributed by atoms with van der Waals surface area (Å²) in [5.74, 6) is 0.321. The molecule has 0 spiro atoms. The zero-order valence-corrected chi connectivity index (χ0v) is 10.1. The molecule has 5 heteroatoms. The molecule has 1 atom stereocenters. The molecule has 0 radical (unpaired) electrons. The molecule has 1 unspecified atom stereocenters. The summed E-state index contributed by atoms with van der Waals surface area (Å²) in [6.45, 7) is 6.60. The van der Waals surface area contributed by atoms with Crippen LogP contribution in [0.1, 0.15) is 37.7 Å². The van der Waals surface area contributed by atoms with E-state index in [1.807, 2.05) is 6.92 Å². The summed E-state index contributed by atoms with van der Waals surface area (Å²) < 4.78 is 0. The smallest absolute Gasteiger partial charge is 0.269 e. The van der Waals surface area contributed by atoms with Gasteiger partial charge in [-0.15, -0.1) is 0 Å². The molecule has 16 heavy (non-hydrogen) atoms. The van der Waals surface area contributed by atoms with Crippen LogP contribution in [-0.4, -0.2) is 28.0 Å². The molecular weight excluding hydrogens is 204 g/mol. The van der Waals surface area contributed by atoms with Crippen LogP contribution in [-0.2, 0) is 0 Å². The summed E-state index contributed by atoms with van der Waals surface area (Å²) in [5.41, 5.74) is 5.81. The summed E-state index contributed by atoms with van der Waals surface area (Å²) in [5, 5.41) is 2.94. The van der Waals surface area contributed by atoms with Crippen molar-refractivity contribution in [1.29, 1.82) is 0 Å². The summed E-state index contributed by atoms with van der Waals surface area (Å²) in [6.07, 6.45) is 3.84. The van der Waals surface area contributed by atoms with Crippen LogP contribution in [0, 0.1) is 5.92 Å². The van der Waals surface area contributed by atoms with Gasteiger partial charge in [-0.3, -0.25) is 4.79 Å². The standard InChI is InChI=1S/C11H20N4O/c1-8(2)4-11(3,6-12)15-10(16)9-5-13-7-14-9/h5,7-8H,4,6,12H2,1-3H3,(H,13,14)(H,15,16). The molecule has 0 saturated heterocycles. The number of nitrogens with zero attached hydrogens (tertiary/aromatic N) is 1. The van der Waals surface area contributed by atoms with Crippen LogP contribution < -0.4 is 11.1 Å². The quantitative estimate of drug-likeness (QED) is 0.695. The minimum absolute atomic E-state index is 0.161. The molecule has 0 saturated carbocycles. The second kappa shape index (κ2) is 5.12. The van der Waals surface area contributed by atoms with E-state index in [-0.39, 0.29) is 11.4 Å². The average molecular weight is 224 g/mol. The van der Waals surface area contributed by atoms with Gasteiger partial charge < -0.3 is 16.0 Å². The van der Waals surface area contributed by atoms with Crippen molar-refractivity contribution < 1.29 is 4.79 Å². The number of carbonyl (C=O) groups excluding carboxylic acids is 1. The van der Waals surface area contributed by atoms with Crippen molar-refractivity contribution in [2.24, 2.45) is 11.7 Å². The largest absolute Gasteiger partial charge is 0.344 e. The van der Waals surface area contributed by atoms with E-state index in [0.29, 0.717) is 18.2 Å². The van der Waals surface area contributed by atoms with Crippen LogP contribution in [0.2, 0.25) is 0 Å². The van der Waals surface area contributed by atoms with Gasteiger partial charge in [-0.1, -0.05) is 13.8 Å². The first kappa shape index (κ1) is 12.7. The van der Waals surface area contributed by atoms with Crippen LogP contribution in [0.4, 0.5) is 0 Å². The lowest BCUT2D eigenvalue weighted by Crippen LogP contribution is -2.52. The number of imidazole rings is 1. The maximum Gasteiger partial charge on any atom is 0.269 e. The third kappa shape index (κ3) is 3.34. The van der Waals surface area contributed by atoms with Crippen molar-refractivity contribution in [3.8, 4) is 0 Å². The molecule has 0 aromatic carbocycles. The molecule has 0 aliphatic rings. The molecule has 5 nitrogen and oxygen atoms in total. The van der Waals surface area contributed by atoms with Crippen molar-refractivity contribution in [1.82, 2.24) is 15.3 Å². The van der Waals surface area contributed by atoms with Gasteiger partial charge in [0.25, 0.3) is 5.91 Å². The molecule has 1 rings (SSSR count). The van der Waals surface area contributed by atoms with Crippen LogP contribution >= 0.6 is 0 Å². The summed E-state index contributed by atoms with van der Waals surface area (Å²) >= 11 is 0. The molecule has 90 valence electrons. The number of aromatic nitrogens is 2. The molecule has 0 aliphatic carbocycles. The summed E-state index contributed by atoms with van der Waals surface area (Å²) in [7, 11) is 0. The minimum Gasteiger partial charge on any atom is -0.344 e. The maximum absolute atomic E-state index is 11.8. The molecule has 1 aromatic rings. The number of nitrogens with one attached hydrogen (secondary N) is 2. The van der Waals surface area contributed by atoms with Crippen molar-refractivity contribution in [2.75, 3.05) is 6.54 Å². The third-order valence-corrected chi connectivity index (χ3v) is 2.47. The zero-order valence-electron chi connectivity index (χ0n) is 10.1. The van der Waals surface area contributed by atoms with E-state index in [1.54, 1.807) is 0 Å². The highest BCUT2D eigenvalue weighted by Crippen LogP contribution is 2.15. The van der Waals surface area contributed by atoms with E-state index in [1.165, 1.54) is 12.5 Å². The Kier molecular flexibility index (Phi) is 4.06. The maximum atomic E-state index is 11.8.